The van der Waals surface area contributed by atoms with Crippen LogP contribution >= 0.6 is 0 Å². The van der Waals surface area contributed by atoms with Crippen molar-refractivity contribution in [1.29, 1.82) is 0 Å². The minimum Gasteiger partial charge on any atom is -0.379 e. The molecule has 3 rings (SSSR count). The van der Waals surface area contributed by atoms with E-state index in [2.05, 4.69) is 19.8 Å². The number of aryl methyl sites for hydroxylation is 2. The number of ether oxygens (including phenoxy) is 1. The lowest BCUT2D eigenvalue weighted by Crippen LogP contribution is -2.51. The Morgan fingerprint density at radius 1 is 1.16 bits per heavy atom. The third-order valence-corrected chi connectivity index (χ3v) is 5.29. The minimum absolute atomic E-state index is 0.178. The lowest BCUT2D eigenvalue weighted by atomic mass is 9.99. The van der Waals surface area contributed by atoms with E-state index in [4.69, 9.17) is 10.5 Å². The molecule has 1 aromatic heterocycles. The highest BCUT2D eigenvalue weighted by molar-refractivity contribution is 5.79. The van der Waals surface area contributed by atoms with Gasteiger partial charge in [-0.1, -0.05) is 0 Å². The molecule has 3 heterocycles. The Morgan fingerprint density at radius 2 is 1.84 bits per heavy atom. The number of nitrogens with zero attached hydrogens (tertiary/aromatic N) is 4. The molecule has 7 nitrogen and oxygen atoms in total. The van der Waals surface area contributed by atoms with E-state index in [1.54, 1.807) is 0 Å². The molecule has 138 valence electrons. The average molecular weight is 347 g/mol. The Labute approximate surface area is 149 Å². The predicted octanol–water partition coefficient (Wildman–Crippen LogP) is 0.931. The van der Waals surface area contributed by atoms with Gasteiger partial charge in [-0.05, 0) is 33.1 Å². The van der Waals surface area contributed by atoms with Crippen LogP contribution in [0, 0.1) is 13.8 Å². The molecule has 1 amide bonds. The number of nitrogen functional groups attached to an aromatic ring is 1. The molecule has 2 saturated heterocycles. The molecule has 0 aromatic carbocycles. The average Bonchev–Trinajstić information content (AvgIpc) is 2.59. The Bertz CT molecular complexity index is 592. The smallest absolute Gasteiger partial charge is 0.227 e. The van der Waals surface area contributed by atoms with Crippen LogP contribution in [-0.4, -0.2) is 71.1 Å². The Morgan fingerprint density at radius 3 is 2.52 bits per heavy atom. The summed E-state index contributed by atoms with van der Waals surface area (Å²) in [6.07, 6.45) is 3.72. The fraction of sp³-hybridized carbons (Fsp3) is 0.722. The molecule has 1 atom stereocenters. The molecule has 0 unspecified atom stereocenters. The number of carbonyl (C=O) groups excluding carboxylic acids is 1. The van der Waals surface area contributed by atoms with Gasteiger partial charge in [0.15, 0.2) is 0 Å². The summed E-state index contributed by atoms with van der Waals surface area (Å²) in [5, 5.41) is 0. The number of rotatable bonds is 4. The van der Waals surface area contributed by atoms with Gasteiger partial charge in [-0.2, -0.15) is 0 Å². The summed E-state index contributed by atoms with van der Waals surface area (Å²) in [6, 6.07) is 0.301. The second kappa shape index (κ2) is 8.10. The first-order valence-corrected chi connectivity index (χ1v) is 9.23. The van der Waals surface area contributed by atoms with Crippen molar-refractivity contribution in [3.63, 3.8) is 0 Å². The third kappa shape index (κ3) is 4.46. The van der Waals surface area contributed by atoms with Crippen molar-refractivity contribution in [2.75, 3.05) is 45.1 Å². The normalized spacial score (nSPS) is 22.2. The molecule has 2 aliphatic heterocycles. The number of morpholine rings is 1. The van der Waals surface area contributed by atoms with Crippen molar-refractivity contribution in [2.24, 2.45) is 0 Å². The third-order valence-electron chi connectivity index (χ3n) is 5.29. The monoisotopic (exact) mass is 347 g/mol. The number of hydrogen-bond donors (Lipinski definition) is 1. The zero-order valence-electron chi connectivity index (χ0n) is 15.3. The highest BCUT2D eigenvalue weighted by atomic mass is 16.5. The van der Waals surface area contributed by atoms with Gasteiger partial charge in [0.05, 0.1) is 19.6 Å². The van der Waals surface area contributed by atoms with Crippen LogP contribution in [0.15, 0.2) is 0 Å². The van der Waals surface area contributed by atoms with Gasteiger partial charge < -0.3 is 15.4 Å². The van der Waals surface area contributed by atoms with Crippen LogP contribution < -0.4 is 5.73 Å². The van der Waals surface area contributed by atoms with E-state index < -0.39 is 0 Å². The second-order valence-corrected chi connectivity index (χ2v) is 7.06. The maximum atomic E-state index is 13.0. The highest BCUT2D eigenvalue weighted by Gasteiger charge is 2.29. The number of nitrogens with two attached hydrogens (primary N) is 1. The van der Waals surface area contributed by atoms with Gasteiger partial charge in [-0.25, -0.2) is 9.97 Å². The SMILES string of the molecule is Cc1nc(N)nc(C)c1CC(=O)N1CCCC[C@H]1CN1CCOCC1. The number of amides is 1. The Balaban J connectivity index is 1.68. The summed E-state index contributed by atoms with van der Waals surface area (Å²) in [4.78, 5) is 25.9. The second-order valence-electron chi connectivity index (χ2n) is 7.06. The van der Waals surface area contributed by atoms with E-state index in [9.17, 15) is 4.79 Å². The molecule has 2 N–H and O–H groups in total. The summed E-state index contributed by atoms with van der Waals surface area (Å²) in [5.74, 6) is 0.451. The number of anilines is 1. The Hall–Kier alpha value is -1.73. The summed E-state index contributed by atoms with van der Waals surface area (Å²) < 4.78 is 5.43. The number of carbonyl (C=O) groups is 1. The van der Waals surface area contributed by atoms with E-state index in [-0.39, 0.29) is 11.9 Å². The maximum absolute atomic E-state index is 13.0. The zero-order valence-corrected chi connectivity index (χ0v) is 15.3. The molecule has 0 bridgehead atoms. The fourth-order valence-corrected chi connectivity index (χ4v) is 3.87. The molecular formula is C18H29N5O2. The van der Waals surface area contributed by atoms with Gasteiger partial charge >= 0.3 is 0 Å². The van der Waals surface area contributed by atoms with Gasteiger partial charge in [0, 0.05) is 49.2 Å². The van der Waals surface area contributed by atoms with Crippen molar-refractivity contribution < 1.29 is 9.53 Å². The number of likely N-dealkylation sites (tertiary alicyclic amines) is 1. The minimum atomic E-state index is 0.178. The largest absolute Gasteiger partial charge is 0.379 e. The highest BCUT2D eigenvalue weighted by Crippen LogP contribution is 2.21. The van der Waals surface area contributed by atoms with Crippen LogP contribution in [0.5, 0.6) is 0 Å². The van der Waals surface area contributed by atoms with Gasteiger partial charge in [0.25, 0.3) is 0 Å². The molecule has 2 aliphatic rings. The van der Waals surface area contributed by atoms with Crippen LogP contribution in [0.3, 0.4) is 0 Å². The first kappa shape index (κ1) is 18.1. The first-order valence-electron chi connectivity index (χ1n) is 9.23. The maximum Gasteiger partial charge on any atom is 0.227 e. The standard InChI is InChI=1S/C18H29N5O2/c1-13-16(14(2)21-18(19)20-13)11-17(24)23-6-4-3-5-15(23)12-22-7-9-25-10-8-22/h15H,3-12H2,1-2H3,(H2,19,20,21)/t15-/m0/s1. The Kier molecular flexibility index (Phi) is 5.86. The van der Waals surface area contributed by atoms with Crippen LogP contribution in [0.2, 0.25) is 0 Å². The van der Waals surface area contributed by atoms with E-state index in [1.807, 2.05) is 13.8 Å². The molecular weight excluding hydrogens is 318 g/mol. The molecule has 0 radical (unpaired) electrons. The lowest BCUT2D eigenvalue weighted by Gasteiger charge is -2.39. The van der Waals surface area contributed by atoms with Crippen LogP contribution in [0.4, 0.5) is 5.95 Å². The van der Waals surface area contributed by atoms with Crippen molar-refractivity contribution in [3.05, 3.63) is 17.0 Å². The van der Waals surface area contributed by atoms with Crippen molar-refractivity contribution >= 4 is 11.9 Å². The predicted molar refractivity (Wildman–Crippen MR) is 96.2 cm³/mol. The van der Waals surface area contributed by atoms with Crippen LogP contribution in [-0.2, 0) is 16.0 Å². The molecule has 25 heavy (non-hydrogen) atoms. The van der Waals surface area contributed by atoms with Crippen molar-refractivity contribution in [3.8, 4) is 0 Å². The quantitative estimate of drug-likeness (QED) is 0.872. The van der Waals surface area contributed by atoms with E-state index in [0.29, 0.717) is 12.5 Å². The molecule has 0 saturated carbocycles. The molecule has 0 aliphatic carbocycles. The summed E-state index contributed by atoms with van der Waals surface area (Å²) in [7, 11) is 0. The van der Waals surface area contributed by atoms with Crippen LogP contribution in [0.1, 0.15) is 36.2 Å². The van der Waals surface area contributed by atoms with Crippen LogP contribution in [0.25, 0.3) is 0 Å². The number of aromatic nitrogens is 2. The van der Waals surface area contributed by atoms with Crippen molar-refractivity contribution in [2.45, 2.75) is 45.6 Å². The number of hydrogen-bond acceptors (Lipinski definition) is 6. The number of piperidine rings is 1. The van der Waals surface area contributed by atoms with Crippen molar-refractivity contribution in [1.82, 2.24) is 19.8 Å². The topological polar surface area (TPSA) is 84.6 Å². The lowest BCUT2D eigenvalue weighted by molar-refractivity contribution is -0.134. The van der Waals surface area contributed by atoms with E-state index in [0.717, 1.165) is 69.2 Å². The first-order chi connectivity index (χ1) is 12.0. The van der Waals surface area contributed by atoms with Gasteiger partial charge in [0.1, 0.15) is 0 Å². The summed E-state index contributed by atoms with van der Waals surface area (Å²) >= 11 is 0. The van der Waals surface area contributed by atoms with Gasteiger partial charge in [0.2, 0.25) is 11.9 Å². The molecule has 1 aromatic rings. The summed E-state index contributed by atoms with van der Waals surface area (Å²) in [5.41, 5.74) is 8.22. The zero-order chi connectivity index (χ0) is 17.8. The molecule has 7 heteroatoms. The van der Waals surface area contributed by atoms with Gasteiger partial charge in [-0.15, -0.1) is 0 Å². The fourth-order valence-electron chi connectivity index (χ4n) is 3.87. The molecule has 0 spiro atoms. The van der Waals surface area contributed by atoms with Gasteiger partial charge in [-0.3, -0.25) is 9.69 Å². The summed E-state index contributed by atoms with van der Waals surface area (Å²) in [6.45, 7) is 9.10. The van der Waals surface area contributed by atoms with E-state index in [1.165, 1.54) is 6.42 Å². The van der Waals surface area contributed by atoms with E-state index >= 15 is 0 Å². The molecule has 2 fully saturated rings.